The van der Waals surface area contributed by atoms with E-state index in [1.165, 1.54) is 0 Å². The van der Waals surface area contributed by atoms with Gasteiger partial charge < -0.3 is 14.9 Å². The number of phenols is 2. The predicted octanol–water partition coefficient (Wildman–Crippen LogP) is 4.52. The van der Waals surface area contributed by atoms with Crippen molar-refractivity contribution in [2.24, 2.45) is 23.2 Å². The van der Waals surface area contributed by atoms with Crippen LogP contribution < -0.4 is 4.74 Å². The maximum absolute atomic E-state index is 13.1. The predicted molar refractivity (Wildman–Crippen MR) is 111 cm³/mol. The Bertz CT molecular complexity index is 1070. The first-order valence-electron chi connectivity index (χ1n) is 10.5. The average Bonchev–Trinajstić information content (AvgIpc) is 3.24. The Balaban J connectivity index is 1.63. The van der Waals surface area contributed by atoms with Gasteiger partial charge in [0.15, 0.2) is 6.29 Å². The van der Waals surface area contributed by atoms with Crippen LogP contribution in [0.5, 0.6) is 17.2 Å². The minimum absolute atomic E-state index is 0.0565. The molecule has 5 rings (SSSR count). The van der Waals surface area contributed by atoms with Gasteiger partial charge in [-0.15, -0.1) is 0 Å². The standard InChI is InChI=1S/C25H26O5/c1-24(2)17-10-14-9-15-21(28)19(20(27)13-7-5-4-6-8-13)22(29)16(12-26)23(15)30-25(14,3)11-18(17)24/h4-8,12,14,17-18,28-29H,9-11H2,1-3H3/t14?,17-,18+,25?/m1/s1. The number of fused-ring (bicyclic) bond motifs is 3. The zero-order valence-electron chi connectivity index (χ0n) is 17.4. The number of aldehydes is 1. The van der Waals surface area contributed by atoms with E-state index >= 15 is 0 Å². The summed E-state index contributed by atoms with van der Waals surface area (Å²) in [7, 11) is 0. The molecule has 0 amide bonds. The Morgan fingerprint density at radius 2 is 1.80 bits per heavy atom. The average molecular weight is 406 g/mol. The Morgan fingerprint density at radius 1 is 1.10 bits per heavy atom. The number of hydrogen-bond acceptors (Lipinski definition) is 5. The van der Waals surface area contributed by atoms with Crippen molar-refractivity contribution in [2.75, 3.05) is 0 Å². The van der Waals surface area contributed by atoms with E-state index in [0.717, 1.165) is 12.8 Å². The molecule has 2 N–H and O–H groups in total. The zero-order chi connectivity index (χ0) is 21.4. The van der Waals surface area contributed by atoms with Gasteiger partial charge in [0, 0.05) is 17.0 Å². The molecular formula is C25H26O5. The van der Waals surface area contributed by atoms with Crippen LogP contribution in [0.3, 0.4) is 0 Å². The molecule has 2 fully saturated rings. The highest BCUT2D eigenvalue weighted by Crippen LogP contribution is 2.69. The highest BCUT2D eigenvalue weighted by atomic mass is 16.5. The van der Waals surface area contributed by atoms with Gasteiger partial charge in [-0.25, -0.2) is 0 Å². The summed E-state index contributed by atoms with van der Waals surface area (Å²) in [6, 6.07) is 8.44. The van der Waals surface area contributed by atoms with Crippen LogP contribution in [0, 0.1) is 23.2 Å². The van der Waals surface area contributed by atoms with Gasteiger partial charge >= 0.3 is 0 Å². The molecule has 1 aliphatic heterocycles. The summed E-state index contributed by atoms with van der Waals surface area (Å²) in [6.07, 6.45) is 2.92. The Hall–Kier alpha value is -2.82. The van der Waals surface area contributed by atoms with E-state index in [9.17, 15) is 19.8 Å². The number of phenolic OH excluding ortho intramolecular Hbond substituents is 2. The minimum atomic E-state index is -0.517. The van der Waals surface area contributed by atoms with Crippen molar-refractivity contribution in [3.63, 3.8) is 0 Å². The second-order valence-electron chi connectivity index (χ2n) is 9.90. The summed E-state index contributed by atoms with van der Waals surface area (Å²) in [4.78, 5) is 25.0. The fourth-order valence-corrected chi connectivity index (χ4v) is 5.93. The van der Waals surface area contributed by atoms with Crippen LogP contribution in [-0.2, 0) is 6.42 Å². The lowest BCUT2D eigenvalue weighted by Crippen LogP contribution is -2.48. The lowest BCUT2D eigenvalue weighted by molar-refractivity contribution is -0.0264. The molecule has 2 aromatic rings. The first kappa shape index (κ1) is 19.2. The summed E-state index contributed by atoms with van der Waals surface area (Å²) in [6.45, 7) is 6.64. The molecule has 2 aliphatic carbocycles. The van der Waals surface area contributed by atoms with Crippen LogP contribution in [0.4, 0.5) is 0 Å². The van der Waals surface area contributed by atoms with Gasteiger partial charge in [-0.05, 0) is 43.4 Å². The zero-order valence-corrected chi connectivity index (χ0v) is 17.4. The number of benzene rings is 2. The van der Waals surface area contributed by atoms with Gasteiger partial charge in [0.2, 0.25) is 5.78 Å². The fraction of sp³-hybridized carbons (Fsp3) is 0.440. The highest BCUT2D eigenvalue weighted by Gasteiger charge is 2.65. The van der Waals surface area contributed by atoms with Crippen molar-refractivity contribution in [3.8, 4) is 17.2 Å². The maximum atomic E-state index is 13.1. The summed E-state index contributed by atoms with van der Waals surface area (Å²) in [5, 5.41) is 21.8. The van der Waals surface area contributed by atoms with Crippen molar-refractivity contribution >= 4 is 12.1 Å². The lowest BCUT2D eigenvalue weighted by atomic mass is 9.71. The van der Waals surface area contributed by atoms with Crippen LogP contribution in [0.25, 0.3) is 0 Å². The Labute approximate surface area is 175 Å². The SMILES string of the molecule is CC12C[C@H]3[C@@H](CC1Cc1c(O)c(C(=O)c4ccccc4)c(O)c(C=O)c1O2)C3(C)C. The first-order chi connectivity index (χ1) is 14.2. The fourth-order valence-electron chi connectivity index (χ4n) is 5.93. The Morgan fingerprint density at radius 3 is 2.47 bits per heavy atom. The third-order valence-electron chi connectivity index (χ3n) is 8.02. The van der Waals surface area contributed by atoms with E-state index in [-0.39, 0.29) is 34.0 Å². The second-order valence-corrected chi connectivity index (χ2v) is 9.90. The number of aromatic hydroxyl groups is 2. The topological polar surface area (TPSA) is 83.8 Å². The molecule has 5 nitrogen and oxygen atoms in total. The van der Waals surface area contributed by atoms with Crippen molar-refractivity contribution in [1.29, 1.82) is 0 Å². The van der Waals surface area contributed by atoms with Gasteiger partial charge in [-0.2, -0.15) is 0 Å². The number of carbonyl (C=O) groups is 2. The summed E-state index contributed by atoms with van der Waals surface area (Å²) in [5.41, 5.74) is 0.329. The normalized spacial score (nSPS) is 30.3. The first-order valence-corrected chi connectivity index (χ1v) is 10.5. The number of carbonyl (C=O) groups excluding carboxylic acids is 2. The largest absolute Gasteiger partial charge is 0.507 e. The molecule has 4 atom stereocenters. The lowest BCUT2D eigenvalue weighted by Gasteiger charge is -2.46. The van der Waals surface area contributed by atoms with Crippen molar-refractivity contribution < 1.29 is 24.5 Å². The summed E-state index contributed by atoms with van der Waals surface area (Å²) in [5.74, 6) is 0.315. The smallest absolute Gasteiger partial charge is 0.200 e. The number of ether oxygens (including phenoxy) is 1. The van der Waals surface area contributed by atoms with Gasteiger partial charge in [-0.3, -0.25) is 9.59 Å². The molecule has 2 aromatic carbocycles. The van der Waals surface area contributed by atoms with Crippen molar-refractivity contribution in [3.05, 3.63) is 52.6 Å². The molecule has 3 aliphatic rings. The van der Waals surface area contributed by atoms with Crippen molar-refractivity contribution in [2.45, 2.75) is 45.6 Å². The number of ketones is 1. The third-order valence-corrected chi connectivity index (χ3v) is 8.02. The van der Waals surface area contributed by atoms with Crippen LogP contribution in [0.2, 0.25) is 0 Å². The molecule has 5 heteroatoms. The van der Waals surface area contributed by atoms with E-state index in [0.29, 0.717) is 35.7 Å². The van der Waals surface area contributed by atoms with Crippen LogP contribution >= 0.6 is 0 Å². The van der Waals surface area contributed by atoms with E-state index in [1.54, 1.807) is 30.3 Å². The van der Waals surface area contributed by atoms with Crippen molar-refractivity contribution in [1.82, 2.24) is 0 Å². The molecular weight excluding hydrogens is 380 g/mol. The molecule has 0 radical (unpaired) electrons. The second kappa shape index (κ2) is 6.10. The monoisotopic (exact) mass is 406 g/mol. The third kappa shape index (κ3) is 2.47. The van der Waals surface area contributed by atoms with E-state index in [1.807, 2.05) is 0 Å². The van der Waals surface area contributed by atoms with Crippen LogP contribution in [-0.4, -0.2) is 27.9 Å². The van der Waals surface area contributed by atoms with Crippen LogP contribution in [0.1, 0.15) is 65.5 Å². The van der Waals surface area contributed by atoms with Gasteiger partial charge in [0.25, 0.3) is 0 Å². The Kier molecular flexibility index (Phi) is 3.89. The molecule has 2 saturated carbocycles. The maximum Gasteiger partial charge on any atom is 0.200 e. The van der Waals surface area contributed by atoms with Gasteiger partial charge in [-0.1, -0.05) is 44.2 Å². The molecule has 0 saturated heterocycles. The molecule has 30 heavy (non-hydrogen) atoms. The number of rotatable bonds is 3. The number of hydrogen-bond donors (Lipinski definition) is 2. The quantitative estimate of drug-likeness (QED) is 0.578. The highest BCUT2D eigenvalue weighted by molar-refractivity contribution is 6.14. The molecule has 0 bridgehead atoms. The van der Waals surface area contributed by atoms with E-state index in [2.05, 4.69) is 20.8 Å². The van der Waals surface area contributed by atoms with E-state index in [4.69, 9.17) is 4.74 Å². The molecule has 2 unspecified atom stereocenters. The minimum Gasteiger partial charge on any atom is -0.507 e. The molecule has 0 aromatic heterocycles. The summed E-state index contributed by atoms with van der Waals surface area (Å²) >= 11 is 0. The molecule has 156 valence electrons. The van der Waals surface area contributed by atoms with Gasteiger partial charge in [0.05, 0.1) is 5.56 Å². The molecule has 1 heterocycles. The van der Waals surface area contributed by atoms with Crippen LogP contribution in [0.15, 0.2) is 30.3 Å². The summed E-state index contributed by atoms with van der Waals surface area (Å²) < 4.78 is 6.38. The molecule has 0 spiro atoms. The van der Waals surface area contributed by atoms with Gasteiger partial charge in [0.1, 0.15) is 28.4 Å². The van der Waals surface area contributed by atoms with E-state index < -0.39 is 17.1 Å².